The smallest absolute Gasteiger partial charge is 0.138 e. The molecule has 0 saturated heterocycles. The molecule has 0 amide bonds. The van der Waals surface area contributed by atoms with Crippen molar-refractivity contribution in [3.63, 3.8) is 0 Å². The van der Waals surface area contributed by atoms with Gasteiger partial charge in [0, 0.05) is 26.2 Å². The maximum Gasteiger partial charge on any atom is 0.138 e. The molecule has 0 aliphatic rings. The van der Waals surface area contributed by atoms with Crippen LogP contribution in [-0.2, 0) is 18.9 Å². The van der Waals surface area contributed by atoms with E-state index in [0.29, 0.717) is 72.4 Å². The second kappa shape index (κ2) is 13.7. The summed E-state index contributed by atoms with van der Waals surface area (Å²) in [5, 5.41) is 0. The third kappa shape index (κ3) is 9.56. The predicted octanol–water partition coefficient (Wildman–Crippen LogP) is -2.37. The summed E-state index contributed by atoms with van der Waals surface area (Å²) in [6.45, 7) is 4.43. The second-order valence-electron chi connectivity index (χ2n) is 4.34. The fourth-order valence-corrected chi connectivity index (χ4v) is 1.55. The van der Waals surface area contributed by atoms with Crippen molar-refractivity contribution >= 4 is 0 Å². The highest BCUT2D eigenvalue weighted by molar-refractivity contribution is 4.81. The van der Waals surface area contributed by atoms with Crippen LogP contribution in [0, 0.1) is 0 Å². The Bertz CT molecular complexity index is 183. The number of nitrogens with two attached hydrogens (primary N) is 4. The number of hydrogen-bond donors (Lipinski definition) is 4. The van der Waals surface area contributed by atoms with Gasteiger partial charge in [-0.1, -0.05) is 0 Å². The van der Waals surface area contributed by atoms with Crippen LogP contribution >= 0.6 is 0 Å². The molecule has 0 aliphatic carbocycles. The van der Waals surface area contributed by atoms with Crippen molar-refractivity contribution in [2.24, 2.45) is 22.9 Å². The van der Waals surface area contributed by atoms with E-state index in [2.05, 4.69) is 0 Å². The van der Waals surface area contributed by atoms with Crippen molar-refractivity contribution in [1.29, 1.82) is 0 Å². The topological polar surface area (TPSA) is 141 Å². The lowest BCUT2D eigenvalue weighted by molar-refractivity contribution is -0.163. The molecule has 0 aromatic heterocycles. The normalized spacial score (nSPS) is 12.0. The molecule has 0 unspecified atom stereocenters. The van der Waals surface area contributed by atoms with E-state index in [0.717, 1.165) is 0 Å². The Morgan fingerprint density at radius 3 is 1.20 bits per heavy atom. The molecule has 0 heterocycles. The Morgan fingerprint density at radius 2 is 0.900 bits per heavy atom. The molecule has 8 N–H and O–H groups in total. The highest BCUT2D eigenvalue weighted by Crippen LogP contribution is 2.14. The summed E-state index contributed by atoms with van der Waals surface area (Å²) in [7, 11) is 0. The van der Waals surface area contributed by atoms with Crippen molar-refractivity contribution < 1.29 is 18.9 Å². The molecule has 0 rings (SSSR count). The Hall–Kier alpha value is -0.320. The van der Waals surface area contributed by atoms with Crippen LogP contribution in [0.5, 0.6) is 0 Å². The lowest BCUT2D eigenvalue weighted by atomic mass is 10.1. The first kappa shape index (κ1) is 19.7. The van der Waals surface area contributed by atoms with E-state index in [9.17, 15) is 0 Å². The van der Waals surface area contributed by atoms with Gasteiger partial charge in [0.25, 0.3) is 0 Å². The van der Waals surface area contributed by atoms with Gasteiger partial charge in [-0.3, -0.25) is 0 Å². The lowest BCUT2D eigenvalue weighted by Gasteiger charge is -2.33. The van der Waals surface area contributed by atoms with Crippen molar-refractivity contribution in [3.8, 4) is 0 Å². The molecule has 0 aromatic rings. The van der Waals surface area contributed by atoms with E-state index in [1.165, 1.54) is 0 Å². The van der Waals surface area contributed by atoms with Gasteiger partial charge in [0.1, 0.15) is 5.60 Å². The van der Waals surface area contributed by atoms with Crippen molar-refractivity contribution in [1.82, 2.24) is 0 Å². The third-order valence-corrected chi connectivity index (χ3v) is 2.41. The van der Waals surface area contributed by atoms with Gasteiger partial charge >= 0.3 is 0 Å². The predicted molar refractivity (Wildman–Crippen MR) is 77.4 cm³/mol. The first-order valence-corrected chi connectivity index (χ1v) is 6.92. The Morgan fingerprint density at radius 1 is 0.550 bits per heavy atom. The van der Waals surface area contributed by atoms with Crippen molar-refractivity contribution in [3.05, 3.63) is 0 Å². The first-order chi connectivity index (χ1) is 9.74. The number of ether oxygens (including phenoxy) is 4. The van der Waals surface area contributed by atoms with E-state index in [-0.39, 0.29) is 0 Å². The molecular weight excluding hydrogens is 264 g/mol. The van der Waals surface area contributed by atoms with Gasteiger partial charge < -0.3 is 41.9 Å². The van der Waals surface area contributed by atoms with Gasteiger partial charge in [0.15, 0.2) is 0 Å². The van der Waals surface area contributed by atoms with E-state index < -0.39 is 5.60 Å². The van der Waals surface area contributed by atoms with E-state index in [1.54, 1.807) is 0 Å². The van der Waals surface area contributed by atoms with Crippen LogP contribution in [0.2, 0.25) is 0 Å². The maximum atomic E-state index is 5.80. The number of rotatable bonds is 15. The minimum absolute atomic E-state index is 0.319. The van der Waals surface area contributed by atoms with Crippen molar-refractivity contribution in [2.45, 2.75) is 5.60 Å². The summed E-state index contributed by atoms with van der Waals surface area (Å²) in [5.41, 5.74) is 21.0. The lowest BCUT2D eigenvalue weighted by Crippen LogP contribution is -2.49. The summed E-state index contributed by atoms with van der Waals surface area (Å²) in [6, 6.07) is 0. The first-order valence-electron chi connectivity index (χ1n) is 6.92. The van der Waals surface area contributed by atoms with Gasteiger partial charge in [0.05, 0.1) is 46.2 Å². The molecule has 0 radical (unpaired) electrons. The highest BCUT2D eigenvalue weighted by Gasteiger charge is 2.32. The van der Waals surface area contributed by atoms with Crippen LogP contribution in [0.25, 0.3) is 0 Å². The zero-order chi connectivity index (χ0) is 15.1. The van der Waals surface area contributed by atoms with Gasteiger partial charge in [-0.25, -0.2) is 0 Å². The Balaban J connectivity index is 4.48. The molecule has 0 bridgehead atoms. The summed E-state index contributed by atoms with van der Waals surface area (Å²) >= 11 is 0. The molecule has 122 valence electrons. The van der Waals surface area contributed by atoms with Gasteiger partial charge in [-0.2, -0.15) is 0 Å². The molecule has 0 fully saturated rings. The van der Waals surface area contributed by atoms with Crippen molar-refractivity contribution in [2.75, 3.05) is 72.4 Å². The minimum atomic E-state index is -0.709. The summed E-state index contributed by atoms with van der Waals surface area (Å²) < 4.78 is 22.3. The molecular formula is C12H30N4O4. The second-order valence-corrected chi connectivity index (χ2v) is 4.34. The SMILES string of the molecule is NCCOCC(COCCN)(COCCN)OCCN. The monoisotopic (exact) mass is 294 g/mol. The van der Waals surface area contributed by atoms with Gasteiger partial charge in [0.2, 0.25) is 0 Å². The molecule has 0 spiro atoms. The summed E-state index contributed by atoms with van der Waals surface area (Å²) in [5.74, 6) is 0. The molecule has 0 aliphatic heterocycles. The minimum Gasteiger partial charge on any atom is -0.377 e. The number of hydrogen-bond acceptors (Lipinski definition) is 8. The fraction of sp³-hybridized carbons (Fsp3) is 1.00. The molecule has 8 heteroatoms. The van der Waals surface area contributed by atoms with E-state index in [1.807, 2.05) is 0 Å². The third-order valence-electron chi connectivity index (χ3n) is 2.41. The summed E-state index contributed by atoms with van der Waals surface area (Å²) in [4.78, 5) is 0. The van der Waals surface area contributed by atoms with Crippen LogP contribution in [0.3, 0.4) is 0 Å². The van der Waals surface area contributed by atoms with E-state index >= 15 is 0 Å². The fourth-order valence-electron chi connectivity index (χ4n) is 1.55. The van der Waals surface area contributed by atoms with Crippen LogP contribution in [-0.4, -0.2) is 78.0 Å². The summed E-state index contributed by atoms with van der Waals surface area (Å²) in [6.07, 6.45) is 0. The average Bonchev–Trinajstić information content (AvgIpc) is 2.46. The zero-order valence-corrected chi connectivity index (χ0v) is 12.2. The largest absolute Gasteiger partial charge is 0.377 e. The maximum absolute atomic E-state index is 5.80. The molecule has 8 nitrogen and oxygen atoms in total. The zero-order valence-electron chi connectivity index (χ0n) is 12.2. The molecule has 0 saturated carbocycles. The quantitative estimate of drug-likeness (QED) is 0.245. The van der Waals surface area contributed by atoms with Crippen LogP contribution in [0.1, 0.15) is 0 Å². The van der Waals surface area contributed by atoms with E-state index in [4.69, 9.17) is 41.9 Å². The molecule has 0 atom stereocenters. The van der Waals surface area contributed by atoms with Gasteiger partial charge in [-0.15, -0.1) is 0 Å². The molecule has 20 heavy (non-hydrogen) atoms. The van der Waals surface area contributed by atoms with Gasteiger partial charge in [-0.05, 0) is 0 Å². The average molecular weight is 294 g/mol. The van der Waals surface area contributed by atoms with Crippen LogP contribution in [0.4, 0.5) is 0 Å². The standard InChI is InChI=1S/C12H30N4O4/c13-1-5-17-9-12(20-8-4-16,10-18-6-2-14)11-19-7-3-15/h1-11,13-16H2. The Kier molecular flexibility index (Phi) is 13.4. The van der Waals surface area contributed by atoms with Crippen LogP contribution in [0.15, 0.2) is 0 Å². The molecule has 0 aromatic carbocycles. The van der Waals surface area contributed by atoms with Crippen LogP contribution < -0.4 is 22.9 Å². The Labute approximate surface area is 121 Å². The highest BCUT2D eigenvalue weighted by atomic mass is 16.6.